The number of carboxylic acids is 2. The van der Waals surface area contributed by atoms with Crippen molar-refractivity contribution in [3.8, 4) is 0 Å². The van der Waals surface area contributed by atoms with E-state index in [1.807, 2.05) is 0 Å². The summed E-state index contributed by atoms with van der Waals surface area (Å²) in [5.41, 5.74) is -2.06. The lowest BCUT2D eigenvalue weighted by molar-refractivity contribution is -0.393. The zero-order valence-corrected chi connectivity index (χ0v) is 10.5. The molecule has 0 aromatic rings. The molecule has 5 N–H and O–H groups in total. The Morgan fingerprint density at radius 3 is 2.45 bits per heavy atom. The van der Waals surface area contributed by atoms with Gasteiger partial charge in [0.1, 0.15) is 18.1 Å². The second-order valence-corrected chi connectivity index (χ2v) is 5.12. The van der Waals surface area contributed by atoms with E-state index in [1.54, 1.807) is 0 Å². The van der Waals surface area contributed by atoms with Crippen LogP contribution in [0.2, 0.25) is 0 Å². The predicted octanol–water partition coefficient (Wildman–Crippen LogP) is -2.24. The number of fused-ring (bicyclic) bond motifs is 1. The minimum absolute atomic E-state index is 0.346. The zero-order chi connectivity index (χ0) is 15.2. The molecule has 1 saturated heterocycles. The summed E-state index contributed by atoms with van der Waals surface area (Å²) in [7, 11) is 0. The van der Waals surface area contributed by atoms with E-state index in [0.717, 1.165) is 0 Å². The van der Waals surface area contributed by atoms with E-state index in [9.17, 15) is 24.9 Å². The summed E-state index contributed by atoms with van der Waals surface area (Å²) < 4.78 is 10.2. The van der Waals surface area contributed by atoms with Gasteiger partial charge in [-0.3, -0.25) is 9.59 Å². The Kier molecular flexibility index (Phi) is 3.73. The molecule has 0 spiro atoms. The van der Waals surface area contributed by atoms with Crippen molar-refractivity contribution in [2.24, 2.45) is 5.92 Å². The fraction of sp³-hybridized carbons (Fsp3) is 0.818. The maximum absolute atomic E-state index is 11.0. The Bertz CT molecular complexity index is 424. The highest BCUT2D eigenvalue weighted by atomic mass is 16.7. The number of aliphatic carboxylic acids is 2. The quantitative estimate of drug-likeness (QED) is 0.378. The Morgan fingerprint density at radius 2 is 1.95 bits per heavy atom. The number of hydrogen-bond donors (Lipinski definition) is 5. The summed E-state index contributed by atoms with van der Waals surface area (Å²) in [6, 6.07) is 0. The van der Waals surface area contributed by atoms with Crippen LogP contribution >= 0.6 is 0 Å². The van der Waals surface area contributed by atoms with E-state index < -0.39 is 54.2 Å². The van der Waals surface area contributed by atoms with E-state index >= 15 is 0 Å². The number of aliphatic hydroxyl groups excluding tert-OH is 2. The van der Waals surface area contributed by atoms with Crippen molar-refractivity contribution < 1.29 is 44.6 Å². The van der Waals surface area contributed by atoms with Gasteiger partial charge in [0.05, 0.1) is 18.6 Å². The predicted molar refractivity (Wildman–Crippen MR) is 59.6 cm³/mol. The Morgan fingerprint density at radius 1 is 1.35 bits per heavy atom. The standard InChI is InChI=1S/C11H16O9/c1-3(2-4(12)13)19-10-11(18)7(15)6(14)5(9(16)17)8(11)20-10/h3,5-8,10,14-15,18H,2H2,1H3,(H,12,13)(H,16,17)/t3?,5?,6-,7?,8?,10+,11?/m1/s1. The maximum atomic E-state index is 11.0. The average molecular weight is 292 g/mol. The van der Waals surface area contributed by atoms with Gasteiger partial charge in [-0.05, 0) is 6.92 Å². The van der Waals surface area contributed by atoms with E-state index in [0.29, 0.717) is 0 Å². The summed E-state index contributed by atoms with van der Waals surface area (Å²) >= 11 is 0. The van der Waals surface area contributed by atoms with Crippen molar-refractivity contribution in [3.63, 3.8) is 0 Å². The molecular weight excluding hydrogens is 276 g/mol. The van der Waals surface area contributed by atoms with Gasteiger partial charge in [-0.1, -0.05) is 0 Å². The van der Waals surface area contributed by atoms with Gasteiger partial charge >= 0.3 is 11.9 Å². The van der Waals surface area contributed by atoms with Crippen LogP contribution in [-0.4, -0.2) is 73.8 Å². The molecule has 20 heavy (non-hydrogen) atoms. The number of rotatable bonds is 5. The topological polar surface area (TPSA) is 154 Å². The molecule has 9 heteroatoms. The Labute approximate surface area is 113 Å². The van der Waals surface area contributed by atoms with Crippen molar-refractivity contribution in [2.45, 2.75) is 49.7 Å². The number of ether oxygens (including phenoxy) is 2. The number of carboxylic acid groups (broad SMARTS) is 2. The second kappa shape index (κ2) is 4.93. The van der Waals surface area contributed by atoms with Gasteiger partial charge in [0.2, 0.25) is 0 Å². The molecule has 0 bridgehead atoms. The third kappa shape index (κ3) is 2.07. The lowest BCUT2D eigenvalue weighted by Gasteiger charge is -2.49. The third-order valence-corrected chi connectivity index (χ3v) is 3.70. The summed E-state index contributed by atoms with van der Waals surface area (Å²) in [4.78, 5) is 21.5. The molecule has 1 saturated carbocycles. The highest BCUT2D eigenvalue weighted by Gasteiger charge is 2.74. The molecule has 1 heterocycles. The van der Waals surface area contributed by atoms with Crippen LogP contribution in [0.1, 0.15) is 13.3 Å². The van der Waals surface area contributed by atoms with Gasteiger partial charge in [-0.15, -0.1) is 0 Å². The third-order valence-electron chi connectivity index (χ3n) is 3.70. The first-order valence-electron chi connectivity index (χ1n) is 6.03. The van der Waals surface area contributed by atoms with Crippen LogP contribution in [0.25, 0.3) is 0 Å². The minimum atomic E-state index is -2.06. The van der Waals surface area contributed by atoms with Gasteiger partial charge in [0, 0.05) is 0 Å². The van der Waals surface area contributed by atoms with Crippen LogP contribution in [-0.2, 0) is 19.1 Å². The van der Waals surface area contributed by atoms with Crippen LogP contribution in [0, 0.1) is 5.92 Å². The van der Waals surface area contributed by atoms with Crippen LogP contribution in [0.5, 0.6) is 0 Å². The fourth-order valence-electron chi connectivity index (χ4n) is 2.66. The van der Waals surface area contributed by atoms with Crippen LogP contribution in [0.15, 0.2) is 0 Å². The molecule has 9 nitrogen and oxygen atoms in total. The molecule has 0 amide bonds. The first-order valence-corrected chi connectivity index (χ1v) is 6.03. The Balaban J connectivity index is 2.08. The SMILES string of the molecule is CC(CC(=O)O)O[C@H]1OC2C(C(=O)O)[C@@H](O)C(O)C21O. The van der Waals surface area contributed by atoms with E-state index in [4.69, 9.17) is 19.7 Å². The molecule has 0 radical (unpaired) electrons. The molecule has 2 fully saturated rings. The molecular formula is C11H16O9. The minimum Gasteiger partial charge on any atom is -0.481 e. The number of carbonyl (C=O) groups is 2. The molecule has 2 aliphatic rings. The summed E-state index contributed by atoms with van der Waals surface area (Å²) in [5, 5.41) is 47.3. The summed E-state index contributed by atoms with van der Waals surface area (Å²) in [5.74, 6) is -3.99. The normalized spacial score (nSPS) is 44.5. The Hall–Kier alpha value is -1.26. The van der Waals surface area contributed by atoms with Crippen molar-refractivity contribution >= 4 is 11.9 Å². The van der Waals surface area contributed by atoms with Gasteiger partial charge in [-0.25, -0.2) is 0 Å². The van der Waals surface area contributed by atoms with Crippen molar-refractivity contribution in [1.29, 1.82) is 0 Å². The van der Waals surface area contributed by atoms with E-state index in [2.05, 4.69) is 0 Å². The lowest BCUT2D eigenvalue weighted by atomic mass is 9.88. The highest BCUT2D eigenvalue weighted by molar-refractivity contribution is 5.73. The highest BCUT2D eigenvalue weighted by Crippen LogP contribution is 2.49. The van der Waals surface area contributed by atoms with Gasteiger partial charge in [-0.2, -0.15) is 0 Å². The average Bonchev–Trinajstić information content (AvgIpc) is 2.46. The number of hydrogen-bond acceptors (Lipinski definition) is 7. The van der Waals surface area contributed by atoms with Crippen molar-refractivity contribution in [2.75, 3.05) is 0 Å². The van der Waals surface area contributed by atoms with E-state index in [-0.39, 0.29) is 6.42 Å². The van der Waals surface area contributed by atoms with Gasteiger partial charge in [0.15, 0.2) is 11.9 Å². The molecule has 114 valence electrons. The molecule has 2 rings (SSSR count). The van der Waals surface area contributed by atoms with E-state index in [1.165, 1.54) is 6.92 Å². The monoisotopic (exact) mass is 292 g/mol. The second-order valence-electron chi connectivity index (χ2n) is 5.12. The van der Waals surface area contributed by atoms with Crippen LogP contribution in [0.3, 0.4) is 0 Å². The largest absolute Gasteiger partial charge is 0.481 e. The molecule has 0 aromatic heterocycles. The van der Waals surface area contributed by atoms with Crippen LogP contribution < -0.4 is 0 Å². The molecule has 5 unspecified atom stereocenters. The summed E-state index contributed by atoms with van der Waals surface area (Å²) in [6.07, 6.45) is -7.27. The fourth-order valence-corrected chi connectivity index (χ4v) is 2.66. The summed E-state index contributed by atoms with van der Waals surface area (Å²) in [6.45, 7) is 1.43. The smallest absolute Gasteiger partial charge is 0.312 e. The maximum Gasteiger partial charge on any atom is 0.312 e. The molecule has 1 aliphatic carbocycles. The van der Waals surface area contributed by atoms with Gasteiger partial charge in [0.25, 0.3) is 0 Å². The van der Waals surface area contributed by atoms with Crippen molar-refractivity contribution in [3.05, 3.63) is 0 Å². The molecule has 1 aliphatic heterocycles. The lowest BCUT2D eigenvalue weighted by Crippen LogP contribution is -2.70. The van der Waals surface area contributed by atoms with Gasteiger partial charge < -0.3 is 35.0 Å². The molecule has 0 aromatic carbocycles. The number of aliphatic hydroxyl groups is 3. The first-order chi connectivity index (χ1) is 9.19. The van der Waals surface area contributed by atoms with Crippen molar-refractivity contribution in [1.82, 2.24) is 0 Å². The molecule has 7 atom stereocenters. The van der Waals surface area contributed by atoms with Crippen LogP contribution in [0.4, 0.5) is 0 Å². The zero-order valence-electron chi connectivity index (χ0n) is 10.5. The first kappa shape index (κ1) is 15.1.